The minimum Gasteiger partial charge on any atom is -0.497 e. The molecule has 8 nitrogen and oxygen atoms in total. The van der Waals surface area contributed by atoms with Crippen molar-refractivity contribution < 1.29 is 35.9 Å². The maximum atomic E-state index is 14.1. The molecule has 44 heavy (non-hydrogen) atoms. The maximum Gasteiger partial charge on any atom is 0.417 e. The highest BCUT2D eigenvalue weighted by Crippen LogP contribution is 2.38. The van der Waals surface area contributed by atoms with E-state index in [1.54, 1.807) is 58.0 Å². The van der Waals surface area contributed by atoms with E-state index >= 15 is 0 Å². The average molecular weight is 654 g/mol. The highest BCUT2D eigenvalue weighted by atomic mass is 35.5. The second kappa shape index (κ2) is 13.9. The quantitative estimate of drug-likeness (QED) is 0.263. The molecule has 0 fully saturated rings. The van der Waals surface area contributed by atoms with E-state index in [-0.39, 0.29) is 17.9 Å². The molecule has 3 rings (SSSR count). The van der Waals surface area contributed by atoms with Crippen LogP contribution in [-0.2, 0) is 32.3 Å². The van der Waals surface area contributed by atoms with Crippen molar-refractivity contribution in [2.75, 3.05) is 18.0 Å². The van der Waals surface area contributed by atoms with E-state index in [0.717, 1.165) is 12.1 Å². The monoisotopic (exact) mass is 653 g/mol. The van der Waals surface area contributed by atoms with E-state index in [2.05, 4.69) is 5.32 Å². The van der Waals surface area contributed by atoms with Crippen molar-refractivity contribution >= 4 is 39.1 Å². The van der Waals surface area contributed by atoms with Crippen molar-refractivity contribution in [3.63, 3.8) is 0 Å². The Balaban J connectivity index is 2.16. The zero-order chi connectivity index (χ0) is 32.9. The molecule has 2 amide bonds. The highest BCUT2D eigenvalue weighted by Gasteiger charge is 2.37. The van der Waals surface area contributed by atoms with Crippen LogP contribution in [0.2, 0.25) is 5.02 Å². The van der Waals surface area contributed by atoms with E-state index in [1.807, 2.05) is 0 Å². The predicted octanol–water partition coefficient (Wildman–Crippen LogP) is 6.28. The summed E-state index contributed by atoms with van der Waals surface area (Å²) in [7, 11) is -3.09. The first kappa shape index (κ1) is 34.7. The number of ether oxygens (including phenoxy) is 1. The van der Waals surface area contributed by atoms with Gasteiger partial charge in [0.25, 0.3) is 10.0 Å². The smallest absolute Gasteiger partial charge is 0.417 e. The second-order valence-electron chi connectivity index (χ2n) is 11.0. The number of methoxy groups -OCH3 is 1. The van der Waals surface area contributed by atoms with Gasteiger partial charge in [0, 0.05) is 12.1 Å². The van der Waals surface area contributed by atoms with E-state index in [1.165, 1.54) is 36.3 Å². The first-order valence-corrected chi connectivity index (χ1v) is 15.5. The van der Waals surface area contributed by atoms with Crippen molar-refractivity contribution in [3.05, 3.63) is 88.9 Å². The SMILES string of the molecule is CC[C@H](C(=O)NC(C)(C)C)N(Cc1cccc(OC)c1)C(=O)CN(c1ccc(Cl)c(C(F)(F)F)c1)S(=O)(=O)c1ccccc1. The molecule has 3 aromatic rings. The van der Waals surface area contributed by atoms with Crippen LogP contribution in [0.15, 0.2) is 77.7 Å². The van der Waals surface area contributed by atoms with Gasteiger partial charge in [0.15, 0.2) is 0 Å². The summed E-state index contributed by atoms with van der Waals surface area (Å²) in [6.45, 7) is 6.02. The molecule has 0 saturated heterocycles. The Kier molecular flexibility index (Phi) is 11.0. The minimum absolute atomic E-state index is 0.111. The van der Waals surface area contributed by atoms with Gasteiger partial charge in [-0.15, -0.1) is 0 Å². The Bertz CT molecular complexity index is 1580. The molecular weight excluding hydrogens is 619 g/mol. The molecule has 0 unspecified atom stereocenters. The molecule has 1 N–H and O–H groups in total. The molecule has 0 bridgehead atoms. The third-order valence-electron chi connectivity index (χ3n) is 6.52. The molecule has 0 heterocycles. The number of nitrogens with zero attached hydrogens (tertiary/aromatic N) is 2. The molecule has 1 atom stereocenters. The van der Waals surface area contributed by atoms with E-state index in [4.69, 9.17) is 16.3 Å². The minimum atomic E-state index is -4.89. The lowest BCUT2D eigenvalue weighted by Crippen LogP contribution is -2.55. The molecule has 0 aliphatic carbocycles. The molecule has 0 saturated carbocycles. The van der Waals surface area contributed by atoms with Gasteiger partial charge in [-0.2, -0.15) is 13.2 Å². The zero-order valence-corrected chi connectivity index (χ0v) is 26.6. The van der Waals surface area contributed by atoms with Crippen LogP contribution >= 0.6 is 11.6 Å². The van der Waals surface area contributed by atoms with Gasteiger partial charge in [-0.25, -0.2) is 8.42 Å². The van der Waals surface area contributed by atoms with Gasteiger partial charge in [-0.3, -0.25) is 13.9 Å². The van der Waals surface area contributed by atoms with Crippen LogP contribution in [0.5, 0.6) is 5.75 Å². The number of carbonyl (C=O) groups is 2. The zero-order valence-electron chi connectivity index (χ0n) is 25.0. The summed E-state index contributed by atoms with van der Waals surface area (Å²) in [6, 6.07) is 15.4. The third-order valence-corrected chi connectivity index (χ3v) is 8.64. The molecular formula is C31H35ClF3N3O5S. The molecule has 13 heteroatoms. The van der Waals surface area contributed by atoms with Gasteiger partial charge in [0.1, 0.15) is 18.3 Å². The van der Waals surface area contributed by atoms with Gasteiger partial charge < -0.3 is 15.0 Å². The Morgan fingerprint density at radius 3 is 2.20 bits per heavy atom. The van der Waals surface area contributed by atoms with Crippen molar-refractivity contribution in [3.8, 4) is 5.75 Å². The van der Waals surface area contributed by atoms with Crippen LogP contribution in [0.4, 0.5) is 18.9 Å². The van der Waals surface area contributed by atoms with Crippen molar-refractivity contribution in [1.29, 1.82) is 0 Å². The number of nitrogens with one attached hydrogen (secondary N) is 1. The second-order valence-corrected chi connectivity index (χ2v) is 13.3. The van der Waals surface area contributed by atoms with Crippen LogP contribution in [0.1, 0.15) is 45.2 Å². The summed E-state index contributed by atoms with van der Waals surface area (Å²) < 4.78 is 75.1. The fraction of sp³-hybridized carbons (Fsp3) is 0.355. The standard InChI is InChI=1S/C31H35ClF3N3O5S/c1-6-27(29(40)36-30(2,3)4)37(19-21-11-10-12-23(17-21)43-5)28(39)20-38(44(41,42)24-13-8-7-9-14-24)22-15-16-26(32)25(18-22)31(33,34)35/h7-18,27H,6,19-20H2,1-5H3,(H,36,40)/t27-/m1/s1. The fourth-order valence-corrected chi connectivity index (χ4v) is 6.13. The summed E-state index contributed by atoms with van der Waals surface area (Å²) in [6.07, 6.45) is -4.72. The van der Waals surface area contributed by atoms with Crippen molar-refractivity contribution in [2.24, 2.45) is 0 Å². The lowest BCUT2D eigenvalue weighted by atomic mass is 10.1. The lowest BCUT2D eigenvalue weighted by Gasteiger charge is -2.35. The number of anilines is 1. The molecule has 0 spiro atoms. The number of halogens is 4. The number of amides is 2. The van der Waals surface area contributed by atoms with Crippen molar-refractivity contribution in [1.82, 2.24) is 10.2 Å². The number of alkyl halides is 3. The maximum absolute atomic E-state index is 14.1. The molecule has 238 valence electrons. The van der Waals surface area contributed by atoms with Crippen LogP contribution < -0.4 is 14.4 Å². The largest absolute Gasteiger partial charge is 0.497 e. The van der Waals surface area contributed by atoms with Gasteiger partial charge in [0.2, 0.25) is 11.8 Å². The highest BCUT2D eigenvalue weighted by molar-refractivity contribution is 7.92. The first-order valence-electron chi connectivity index (χ1n) is 13.7. The predicted molar refractivity (Wildman–Crippen MR) is 163 cm³/mol. The van der Waals surface area contributed by atoms with Crippen LogP contribution in [0.3, 0.4) is 0 Å². The van der Waals surface area contributed by atoms with Gasteiger partial charge in [-0.1, -0.05) is 48.9 Å². The fourth-order valence-electron chi connectivity index (χ4n) is 4.47. The third kappa shape index (κ3) is 8.66. The summed E-state index contributed by atoms with van der Waals surface area (Å²) in [5, 5.41) is 2.23. The normalized spacial score (nSPS) is 12.8. The molecule has 3 aromatic carbocycles. The van der Waals surface area contributed by atoms with Crippen LogP contribution in [0, 0.1) is 0 Å². The summed E-state index contributed by atoms with van der Waals surface area (Å²) >= 11 is 5.82. The number of hydrogen-bond acceptors (Lipinski definition) is 5. The first-order chi connectivity index (χ1) is 20.5. The van der Waals surface area contributed by atoms with Gasteiger partial charge in [-0.05, 0) is 75.2 Å². The number of rotatable bonds is 11. The van der Waals surface area contributed by atoms with Gasteiger partial charge in [0.05, 0.1) is 28.3 Å². The molecule has 0 aromatic heterocycles. The van der Waals surface area contributed by atoms with Crippen LogP contribution in [0.25, 0.3) is 0 Å². The number of carbonyl (C=O) groups excluding carboxylic acids is 2. The Morgan fingerprint density at radius 2 is 1.64 bits per heavy atom. The molecule has 0 radical (unpaired) electrons. The van der Waals surface area contributed by atoms with E-state index < -0.39 is 62.4 Å². The average Bonchev–Trinajstić information content (AvgIpc) is 2.95. The number of benzene rings is 3. The van der Waals surface area contributed by atoms with E-state index in [0.29, 0.717) is 21.7 Å². The van der Waals surface area contributed by atoms with Crippen LogP contribution in [-0.4, -0.2) is 50.4 Å². The Hall–Kier alpha value is -3.77. The Morgan fingerprint density at radius 1 is 0.977 bits per heavy atom. The summed E-state index contributed by atoms with van der Waals surface area (Å²) in [5.41, 5.74) is -1.74. The molecule has 0 aliphatic heterocycles. The molecule has 0 aliphatic rings. The topological polar surface area (TPSA) is 96.0 Å². The van der Waals surface area contributed by atoms with E-state index in [9.17, 15) is 31.2 Å². The van der Waals surface area contributed by atoms with Gasteiger partial charge >= 0.3 is 6.18 Å². The summed E-state index contributed by atoms with van der Waals surface area (Å²) in [5.74, 6) is -0.789. The number of hydrogen-bond donors (Lipinski definition) is 1. The lowest BCUT2D eigenvalue weighted by molar-refractivity contribution is -0.141. The summed E-state index contributed by atoms with van der Waals surface area (Å²) in [4.78, 5) is 28.5. The Labute approximate surface area is 260 Å². The number of sulfonamides is 1. The van der Waals surface area contributed by atoms with Crippen molar-refractivity contribution in [2.45, 2.75) is 63.3 Å².